The molecule has 58 valence electrons. The molecule has 1 aliphatic carbocycles. The van der Waals surface area contributed by atoms with Gasteiger partial charge in [0.05, 0.1) is 6.10 Å². The predicted molar refractivity (Wildman–Crippen MR) is 42.8 cm³/mol. The van der Waals surface area contributed by atoms with Crippen LogP contribution in [0.25, 0.3) is 0 Å². The number of hydrogen-bond donors (Lipinski definition) is 1. The lowest BCUT2D eigenvalue weighted by atomic mass is 10.1. The summed E-state index contributed by atoms with van der Waals surface area (Å²) < 4.78 is 0. The number of hydrogen-bond acceptors (Lipinski definition) is 1. The van der Waals surface area contributed by atoms with Crippen molar-refractivity contribution in [2.75, 3.05) is 0 Å². The first-order chi connectivity index (χ1) is 4.75. The highest BCUT2D eigenvalue weighted by molar-refractivity contribution is 5.20. The third-order valence-electron chi connectivity index (χ3n) is 2.16. The maximum absolute atomic E-state index is 9.43. The minimum absolute atomic E-state index is 0.0903. The zero-order chi connectivity index (χ0) is 7.56. The fraction of sp³-hybridized carbons (Fsp3) is 0.778. The van der Waals surface area contributed by atoms with Crippen molar-refractivity contribution >= 4 is 0 Å². The number of aliphatic hydroxyl groups is 1. The molecule has 1 rings (SSSR count). The molecule has 1 fully saturated rings. The zero-order valence-corrected chi connectivity index (χ0v) is 6.64. The van der Waals surface area contributed by atoms with Crippen molar-refractivity contribution in [3.8, 4) is 0 Å². The van der Waals surface area contributed by atoms with Gasteiger partial charge in [-0.3, -0.25) is 0 Å². The summed E-state index contributed by atoms with van der Waals surface area (Å²) in [6.07, 6.45) is 4.25. The summed E-state index contributed by atoms with van der Waals surface area (Å²) in [4.78, 5) is 0. The second kappa shape index (κ2) is 3.20. The van der Waals surface area contributed by atoms with Gasteiger partial charge in [-0.05, 0) is 12.8 Å². The summed E-state index contributed by atoms with van der Waals surface area (Å²) in [6, 6.07) is 0. The summed E-state index contributed by atoms with van der Waals surface area (Å²) in [5, 5.41) is 9.43. The van der Waals surface area contributed by atoms with Gasteiger partial charge >= 0.3 is 0 Å². The Kier molecular flexibility index (Phi) is 2.50. The molecule has 1 nitrogen and oxygen atoms in total. The zero-order valence-electron chi connectivity index (χ0n) is 6.64. The lowest BCUT2D eigenvalue weighted by Crippen LogP contribution is -2.08. The molecule has 10 heavy (non-hydrogen) atoms. The SMILES string of the molecule is C=C1C[C@H]1[C@H](O)CCCC. The van der Waals surface area contributed by atoms with Crippen LogP contribution < -0.4 is 0 Å². The third-order valence-corrected chi connectivity index (χ3v) is 2.16. The Bertz CT molecular complexity index is 129. The fourth-order valence-corrected chi connectivity index (χ4v) is 1.25. The monoisotopic (exact) mass is 140 g/mol. The molecule has 1 aliphatic rings. The molecule has 1 saturated carbocycles. The number of aliphatic hydroxyl groups excluding tert-OH is 1. The molecule has 0 aromatic rings. The highest BCUT2D eigenvalue weighted by Crippen LogP contribution is 2.40. The van der Waals surface area contributed by atoms with E-state index in [2.05, 4.69) is 13.5 Å². The molecule has 0 aromatic carbocycles. The van der Waals surface area contributed by atoms with Gasteiger partial charge in [0.15, 0.2) is 0 Å². The summed E-state index contributed by atoms with van der Waals surface area (Å²) in [7, 11) is 0. The Hall–Kier alpha value is -0.300. The van der Waals surface area contributed by atoms with Gasteiger partial charge in [0.1, 0.15) is 0 Å². The smallest absolute Gasteiger partial charge is 0.0608 e. The van der Waals surface area contributed by atoms with Gasteiger partial charge in [-0.15, -0.1) is 0 Å². The largest absolute Gasteiger partial charge is 0.392 e. The molecular weight excluding hydrogens is 124 g/mol. The van der Waals surface area contributed by atoms with Crippen molar-refractivity contribution in [3.63, 3.8) is 0 Å². The van der Waals surface area contributed by atoms with Gasteiger partial charge in [0.2, 0.25) is 0 Å². The molecule has 0 saturated heterocycles. The van der Waals surface area contributed by atoms with Crippen molar-refractivity contribution < 1.29 is 5.11 Å². The molecule has 1 N–H and O–H groups in total. The Morgan fingerprint density at radius 1 is 1.80 bits per heavy atom. The van der Waals surface area contributed by atoms with Crippen LogP contribution in [0.2, 0.25) is 0 Å². The second-order valence-corrected chi connectivity index (χ2v) is 3.18. The van der Waals surface area contributed by atoms with Gasteiger partial charge in [-0.2, -0.15) is 0 Å². The van der Waals surface area contributed by atoms with Crippen LogP contribution in [0.5, 0.6) is 0 Å². The first kappa shape index (κ1) is 7.80. The minimum Gasteiger partial charge on any atom is -0.392 e. The molecule has 0 bridgehead atoms. The molecule has 0 aliphatic heterocycles. The van der Waals surface area contributed by atoms with E-state index in [4.69, 9.17) is 0 Å². The molecule has 0 heterocycles. The van der Waals surface area contributed by atoms with E-state index in [1.165, 1.54) is 12.0 Å². The Morgan fingerprint density at radius 2 is 2.40 bits per heavy atom. The molecule has 0 spiro atoms. The van der Waals surface area contributed by atoms with Gasteiger partial charge in [0, 0.05) is 5.92 Å². The van der Waals surface area contributed by atoms with E-state index in [0.29, 0.717) is 5.92 Å². The van der Waals surface area contributed by atoms with Crippen molar-refractivity contribution in [3.05, 3.63) is 12.2 Å². The standard InChI is InChI=1S/C9H16O/c1-3-4-5-9(10)8-6-7(8)2/h8-10H,2-6H2,1H3/t8-,9-/m1/s1. The van der Waals surface area contributed by atoms with E-state index in [-0.39, 0.29) is 6.10 Å². The molecule has 0 amide bonds. The van der Waals surface area contributed by atoms with Crippen LogP contribution >= 0.6 is 0 Å². The van der Waals surface area contributed by atoms with E-state index in [1.807, 2.05) is 0 Å². The van der Waals surface area contributed by atoms with E-state index in [0.717, 1.165) is 19.3 Å². The average molecular weight is 140 g/mol. The molecular formula is C9H16O. The maximum atomic E-state index is 9.43. The number of unbranched alkanes of at least 4 members (excludes halogenated alkanes) is 1. The molecule has 0 radical (unpaired) electrons. The van der Waals surface area contributed by atoms with Crippen molar-refractivity contribution in [1.82, 2.24) is 0 Å². The van der Waals surface area contributed by atoms with Crippen LogP contribution in [-0.4, -0.2) is 11.2 Å². The van der Waals surface area contributed by atoms with Crippen LogP contribution in [0.3, 0.4) is 0 Å². The van der Waals surface area contributed by atoms with E-state index >= 15 is 0 Å². The molecule has 0 unspecified atom stereocenters. The third kappa shape index (κ3) is 1.84. The van der Waals surface area contributed by atoms with Crippen LogP contribution in [0.4, 0.5) is 0 Å². The second-order valence-electron chi connectivity index (χ2n) is 3.18. The van der Waals surface area contributed by atoms with Gasteiger partial charge in [0.25, 0.3) is 0 Å². The molecule has 0 aromatic heterocycles. The Balaban J connectivity index is 2.10. The van der Waals surface area contributed by atoms with Crippen LogP contribution in [-0.2, 0) is 0 Å². The summed E-state index contributed by atoms with van der Waals surface area (Å²) >= 11 is 0. The van der Waals surface area contributed by atoms with Crippen LogP contribution in [0.15, 0.2) is 12.2 Å². The molecule has 2 atom stereocenters. The molecule has 1 heteroatoms. The van der Waals surface area contributed by atoms with Crippen molar-refractivity contribution in [1.29, 1.82) is 0 Å². The van der Waals surface area contributed by atoms with Gasteiger partial charge < -0.3 is 5.11 Å². The van der Waals surface area contributed by atoms with E-state index < -0.39 is 0 Å². The average Bonchev–Trinajstić information content (AvgIpc) is 2.62. The van der Waals surface area contributed by atoms with Gasteiger partial charge in [-0.25, -0.2) is 0 Å². The normalized spacial score (nSPS) is 26.6. The minimum atomic E-state index is -0.0903. The quantitative estimate of drug-likeness (QED) is 0.593. The first-order valence-corrected chi connectivity index (χ1v) is 4.11. The highest BCUT2D eigenvalue weighted by atomic mass is 16.3. The van der Waals surface area contributed by atoms with E-state index in [9.17, 15) is 5.11 Å². The Morgan fingerprint density at radius 3 is 2.80 bits per heavy atom. The Labute approximate surface area is 62.8 Å². The number of rotatable bonds is 4. The van der Waals surface area contributed by atoms with E-state index in [1.54, 1.807) is 0 Å². The maximum Gasteiger partial charge on any atom is 0.0608 e. The summed E-state index contributed by atoms with van der Waals surface area (Å²) in [5.41, 5.74) is 1.24. The topological polar surface area (TPSA) is 20.2 Å². The lowest BCUT2D eigenvalue weighted by Gasteiger charge is -2.05. The highest BCUT2D eigenvalue weighted by Gasteiger charge is 2.33. The van der Waals surface area contributed by atoms with Gasteiger partial charge in [-0.1, -0.05) is 31.9 Å². The fourth-order valence-electron chi connectivity index (χ4n) is 1.25. The van der Waals surface area contributed by atoms with Crippen molar-refractivity contribution in [2.24, 2.45) is 5.92 Å². The summed E-state index contributed by atoms with van der Waals surface area (Å²) in [5.74, 6) is 0.451. The predicted octanol–water partition coefficient (Wildman–Crippen LogP) is 2.11. The van der Waals surface area contributed by atoms with Crippen LogP contribution in [0, 0.1) is 5.92 Å². The lowest BCUT2D eigenvalue weighted by molar-refractivity contribution is 0.143. The first-order valence-electron chi connectivity index (χ1n) is 4.11. The van der Waals surface area contributed by atoms with Crippen LogP contribution in [0.1, 0.15) is 32.6 Å². The summed E-state index contributed by atoms with van der Waals surface area (Å²) in [6.45, 7) is 5.96. The van der Waals surface area contributed by atoms with Crippen molar-refractivity contribution in [2.45, 2.75) is 38.7 Å².